The molecule has 0 radical (unpaired) electrons. The van der Waals surface area contributed by atoms with E-state index in [0.717, 1.165) is 41.2 Å². The Kier molecular flexibility index (Phi) is 8.43. The first-order valence-corrected chi connectivity index (χ1v) is 10.4. The second kappa shape index (κ2) is 11.5. The average molecular weight is 411 g/mol. The van der Waals surface area contributed by atoms with Crippen molar-refractivity contribution in [3.8, 4) is 22.6 Å². The molecule has 3 aromatic carbocycles. The molecular weight excluding hydrogens is 384 g/mol. The molecule has 29 heavy (non-hydrogen) atoms. The van der Waals surface area contributed by atoms with Gasteiger partial charge in [0.05, 0.1) is 18.6 Å². The molecule has 0 saturated heterocycles. The van der Waals surface area contributed by atoms with E-state index >= 15 is 0 Å². The van der Waals surface area contributed by atoms with Crippen molar-refractivity contribution in [3.05, 3.63) is 78.4 Å². The molecular formula is C24H26O4S. The molecule has 0 aromatic heterocycles. The van der Waals surface area contributed by atoms with Crippen LogP contribution in [0.2, 0.25) is 0 Å². The van der Waals surface area contributed by atoms with Crippen LogP contribution in [0.5, 0.6) is 11.5 Å². The van der Waals surface area contributed by atoms with Crippen molar-refractivity contribution in [1.82, 2.24) is 0 Å². The maximum Gasteiger partial charge on any atom is 0.166 e. The van der Waals surface area contributed by atoms with Gasteiger partial charge in [-0.3, -0.25) is 0 Å². The van der Waals surface area contributed by atoms with Gasteiger partial charge in [-0.1, -0.05) is 42.0 Å². The molecule has 0 amide bonds. The second-order valence-corrected chi connectivity index (χ2v) is 7.42. The van der Waals surface area contributed by atoms with Crippen LogP contribution in [0.1, 0.15) is 18.4 Å². The lowest BCUT2D eigenvalue weighted by Crippen LogP contribution is -1.99. The van der Waals surface area contributed by atoms with Crippen molar-refractivity contribution in [2.24, 2.45) is 0 Å². The summed E-state index contributed by atoms with van der Waals surface area (Å²) in [5.74, 6) is 1.57. The van der Waals surface area contributed by atoms with E-state index in [1.54, 1.807) is 7.11 Å². The lowest BCUT2D eigenvalue weighted by Gasteiger charge is -2.08. The fraction of sp³-hybridized carbons (Fsp3) is 0.250. The summed E-state index contributed by atoms with van der Waals surface area (Å²) in [5, 5.41) is 0. The molecule has 0 bridgehead atoms. The lowest BCUT2D eigenvalue weighted by molar-refractivity contribution is -0.0777. The summed E-state index contributed by atoms with van der Waals surface area (Å²) in [6.45, 7) is 3.52. The summed E-state index contributed by atoms with van der Waals surface area (Å²) in [4.78, 5) is 6.26. The molecule has 4 nitrogen and oxygen atoms in total. The van der Waals surface area contributed by atoms with Gasteiger partial charge in [0, 0.05) is 18.6 Å². The van der Waals surface area contributed by atoms with E-state index in [0.29, 0.717) is 12.4 Å². The van der Waals surface area contributed by atoms with Gasteiger partial charge in [-0.05, 0) is 67.3 Å². The average Bonchev–Trinajstić information content (AvgIpc) is 2.76. The molecule has 0 saturated carbocycles. The normalized spacial score (nSPS) is 10.7. The molecule has 0 fully saturated rings. The molecule has 152 valence electrons. The van der Waals surface area contributed by atoms with Crippen molar-refractivity contribution in [1.29, 1.82) is 0 Å². The van der Waals surface area contributed by atoms with Crippen molar-refractivity contribution < 1.29 is 18.7 Å². The first-order valence-electron chi connectivity index (χ1n) is 9.65. The lowest BCUT2D eigenvalue weighted by atomic mass is 10.1. The zero-order valence-corrected chi connectivity index (χ0v) is 17.6. The van der Waals surface area contributed by atoms with Crippen LogP contribution in [0.3, 0.4) is 0 Å². The zero-order chi connectivity index (χ0) is 20.3. The highest BCUT2D eigenvalue weighted by molar-refractivity contribution is 7.94. The van der Waals surface area contributed by atoms with Gasteiger partial charge in [0.1, 0.15) is 5.75 Å². The van der Waals surface area contributed by atoms with Crippen molar-refractivity contribution in [3.63, 3.8) is 0 Å². The Hall–Kier alpha value is -2.47. The number of rotatable bonds is 11. The molecule has 0 spiro atoms. The number of benzene rings is 3. The number of unbranched alkanes of at least 4 members (excludes halogenated alkanes) is 1. The van der Waals surface area contributed by atoms with Crippen LogP contribution in [-0.2, 0) is 9.07 Å². The first kappa shape index (κ1) is 21.2. The molecule has 0 aliphatic heterocycles. The number of hydrogen-bond donors (Lipinski definition) is 0. The Labute approximate surface area is 176 Å². The van der Waals surface area contributed by atoms with Gasteiger partial charge < -0.3 is 14.4 Å². The summed E-state index contributed by atoms with van der Waals surface area (Å²) >= 11 is 1.19. The topological polar surface area (TPSA) is 36.9 Å². The van der Waals surface area contributed by atoms with E-state index in [1.807, 2.05) is 55.5 Å². The third-order valence-electron chi connectivity index (χ3n) is 4.33. The van der Waals surface area contributed by atoms with Crippen molar-refractivity contribution in [2.75, 3.05) is 20.3 Å². The van der Waals surface area contributed by atoms with Crippen LogP contribution < -0.4 is 9.62 Å². The monoisotopic (exact) mass is 410 g/mol. The second-order valence-electron chi connectivity index (χ2n) is 6.64. The number of methoxy groups -OCH3 is 1. The van der Waals surface area contributed by atoms with Gasteiger partial charge in [-0.2, -0.15) is 0 Å². The van der Waals surface area contributed by atoms with E-state index in [4.69, 9.17) is 18.7 Å². The van der Waals surface area contributed by atoms with E-state index in [1.165, 1.54) is 17.6 Å². The minimum atomic E-state index is 0.681. The highest BCUT2D eigenvalue weighted by Crippen LogP contribution is 2.27. The van der Waals surface area contributed by atoms with Gasteiger partial charge in [-0.15, -0.1) is 4.33 Å². The van der Waals surface area contributed by atoms with Gasteiger partial charge in [0.2, 0.25) is 0 Å². The maximum atomic E-state index is 5.76. The largest absolute Gasteiger partial charge is 0.494 e. The maximum absolute atomic E-state index is 5.76. The van der Waals surface area contributed by atoms with Gasteiger partial charge in [-0.25, -0.2) is 0 Å². The molecule has 3 aromatic rings. The van der Waals surface area contributed by atoms with E-state index in [9.17, 15) is 0 Å². The molecule has 0 atom stereocenters. The van der Waals surface area contributed by atoms with E-state index in [2.05, 4.69) is 24.3 Å². The smallest absolute Gasteiger partial charge is 0.166 e. The fourth-order valence-electron chi connectivity index (χ4n) is 2.67. The van der Waals surface area contributed by atoms with Gasteiger partial charge in [0.15, 0.2) is 5.75 Å². The Morgan fingerprint density at radius 3 is 1.93 bits per heavy atom. The van der Waals surface area contributed by atoms with E-state index < -0.39 is 0 Å². The molecule has 0 aliphatic carbocycles. The Balaban J connectivity index is 1.46. The summed E-state index contributed by atoms with van der Waals surface area (Å²) in [5.41, 5.74) is 3.47. The fourth-order valence-corrected chi connectivity index (χ4v) is 3.11. The standard InChI is InChI=1S/C24H26O4S/c1-19-5-11-23(12-6-19)27-28-29-24-15-9-21(10-16-24)20-7-13-22(14-8-20)26-18-4-3-17-25-2/h5-16H,3-4,17-18H2,1-2H3. The third kappa shape index (κ3) is 7.13. The Bertz CT molecular complexity index is 846. The number of aryl methyl sites for hydroxylation is 1. The van der Waals surface area contributed by atoms with E-state index in [-0.39, 0.29) is 0 Å². The Morgan fingerprint density at radius 1 is 0.690 bits per heavy atom. The van der Waals surface area contributed by atoms with Crippen LogP contribution in [0.4, 0.5) is 0 Å². The number of ether oxygens (including phenoxy) is 2. The van der Waals surface area contributed by atoms with Crippen molar-refractivity contribution in [2.45, 2.75) is 24.7 Å². The minimum absolute atomic E-state index is 0.681. The SMILES string of the molecule is COCCCCOc1ccc(-c2ccc(SOOc3ccc(C)cc3)cc2)cc1. The highest BCUT2D eigenvalue weighted by atomic mass is 32.2. The molecule has 0 unspecified atom stereocenters. The third-order valence-corrected chi connectivity index (χ3v) is 4.94. The summed E-state index contributed by atoms with van der Waals surface area (Å²) < 4.78 is 16.1. The van der Waals surface area contributed by atoms with Gasteiger partial charge >= 0.3 is 0 Å². The summed E-state index contributed by atoms with van der Waals surface area (Å²) in [6.07, 6.45) is 2.00. The van der Waals surface area contributed by atoms with Gasteiger partial charge in [0.25, 0.3) is 0 Å². The van der Waals surface area contributed by atoms with Crippen LogP contribution in [0.25, 0.3) is 11.1 Å². The molecule has 0 aliphatic rings. The van der Waals surface area contributed by atoms with Crippen LogP contribution in [0.15, 0.2) is 77.7 Å². The minimum Gasteiger partial charge on any atom is -0.494 e. The zero-order valence-electron chi connectivity index (χ0n) is 16.8. The van der Waals surface area contributed by atoms with Crippen LogP contribution in [0, 0.1) is 6.92 Å². The summed E-state index contributed by atoms with van der Waals surface area (Å²) in [7, 11) is 1.72. The quantitative estimate of drug-likeness (QED) is 0.156. The number of hydrogen-bond acceptors (Lipinski definition) is 5. The molecule has 0 heterocycles. The molecule has 5 heteroatoms. The first-order chi connectivity index (χ1) is 14.2. The van der Waals surface area contributed by atoms with Crippen LogP contribution >= 0.6 is 12.0 Å². The predicted molar refractivity (Wildman–Crippen MR) is 117 cm³/mol. The Morgan fingerprint density at radius 2 is 1.28 bits per heavy atom. The molecule has 0 N–H and O–H groups in total. The highest BCUT2D eigenvalue weighted by Gasteiger charge is 2.02. The van der Waals surface area contributed by atoms with Crippen LogP contribution in [-0.4, -0.2) is 20.3 Å². The van der Waals surface area contributed by atoms with Crippen molar-refractivity contribution >= 4 is 12.0 Å². The predicted octanol–water partition coefficient (Wildman–Crippen LogP) is 6.49. The summed E-state index contributed by atoms with van der Waals surface area (Å²) in [6, 6.07) is 24.0. The molecule has 3 rings (SSSR count).